The van der Waals surface area contributed by atoms with Crippen molar-refractivity contribution >= 4 is 26.8 Å². The minimum Gasteiger partial charge on any atom is -0.504 e. The minimum atomic E-state index is -0.823. The van der Waals surface area contributed by atoms with Gasteiger partial charge in [-0.05, 0) is 24.1 Å². The lowest BCUT2D eigenvalue weighted by Gasteiger charge is -2.16. The number of fused-ring (bicyclic) bond motifs is 1. The quantitative estimate of drug-likeness (QED) is 0.560. The van der Waals surface area contributed by atoms with Crippen LogP contribution < -0.4 is 5.56 Å². The van der Waals surface area contributed by atoms with Crippen LogP contribution in [-0.4, -0.2) is 24.9 Å². The second-order valence-electron chi connectivity index (χ2n) is 6.35. The number of benzene rings is 2. The van der Waals surface area contributed by atoms with E-state index in [0.717, 1.165) is 10.6 Å². The van der Waals surface area contributed by atoms with E-state index in [9.17, 15) is 24.5 Å². The zero-order valence-electron chi connectivity index (χ0n) is 14.0. The highest BCUT2D eigenvalue weighted by Crippen LogP contribution is 2.39. The molecule has 6 nitrogen and oxygen atoms in total. The molecule has 1 heterocycles. The van der Waals surface area contributed by atoms with Crippen molar-refractivity contribution < 1.29 is 19.7 Å². The molecule has 3 rings (SSSR count). The van der Waals surface area contributed by atoms with E-state index < -0.39 is 28.6 Å². The summed E-state index contributed by atoms with van der Waals surface area (Å²) >= 11 is 3.17. The van der Waals surface area contributed by atoms with Crippen LogP contribution in [0.2, 0.25) is 0 Å². The van der Waals surface area contributed by atoms with E-state index in [-0.39, 0.29) is 28.3 Å². The van der Waals surface area contributed by atoms with Gasteiger partial charge in [0.15, 0.2) is 11.5 Å². The number of aromatic hydroxyl groups is 3. The number of phenols is 3. The maximum atomic E-state index is 14.5. The summed E-state index contributed by atoms with van der Waals surface area (Å²) in [4.78, 5) is 17.4. The SMILES string of the molecule is CC(C)Cc1nc2cc(O)c(O)c(O)c2c(=O)n1-c1ccc(Br)cc1F. The van der Waals surface area contributed by atoms with E-state index in [1.165, 1.54) is 12.1 Å². The average Bonchev–Trinajstić information content (AvgIpc) is 2.53. The summed E-state index contributed by atoms with van der Waals surface area (Å²) in [5.74, 6) is -2.46. The largest absolute Gasteiger partial charge is 0.504 e. The van der Waals surface area contributed by atoms with Crippen molar-refractivity contribution in [2.45, 2.75) is 20.3 Å². The summed E-state index contributed by atoms with van der Waals surface area (Å²) in [5.41, 5.74) is -0.734. The van der Waals surface area contributed by atoms with Gasteiger partial charge in [-0.3, -0.25) is 9.36 Å². The highest BCUT2D eigenvalue weighted by molar-refractivity contribution is 9.10. The lowest BCUT2D eigenvalue weighted by atomic mass is 10.1. The Morgan fingerprint density at radius 2 is 1.88 bits per heavy atom. The fourth-order valence-electron chi connectivity index (χ4n) is 2.76. The van der Waals surface area contributed by atoms with E-state index in [1.807, 2.05) is 13.8 Å². The summed E-state index contributed by atoms with van der Waals surface area (Å²) in [6.07, 6.45) is 0.364. The second-order valence-corrected chi connectivity index (χ2v) is 7.27. The van der Waals surface area contributed by atoms with Gasteiger partial charge < -0.3 is 15.3 Å². The van der Waals surface area contributed by atoms with Gasteiger partial charge in [-0.25, -0.2) is 9.37 Å². The molecule has 2 aromatic carbocycles. The molecule has 0 unspecified atom stereocenters. The van der Waals surface area contributed by atoms with Gasteiger partial charge in [0.25, 0.3) is 5.56 Å². The summed E-state index contributed by atoms with van der Waals surface area (Å²) < 4.78 is 16.1. The van der Waals surface area contributed by atoms with E-state index in [2.05, 4.69) is 20.9 Å². The number of nitrogens with zero attached hydrogens (tertiary/aromatic N) is 2. The Bertz CT molecular complexity index is 1080. The van der Waals surface area contributed by atoms with Crippen LogP contribution in [0.3, 0.4) is 0 Å². The van der Waals surface area contributed by atoms with Gasteiger partial charge in [-0.15, -0.1) is 0 Å². The standard InChI is InChI=1S/C18H16BrFN2O4/c1-8(2)5-14-21-11-7-13(23)16(24)17(25)15(11)18(26)22(14)12-4-3-9(19)6-10(12)20/h3-4,6-8,23-25H,5H2,1-2H3. The van der Waals surface area contributed by atoms with Crippen molar-refractivity contribution in [3.05, 3.63) is 50.7 Å². The molecule has 8 heteroatoms. The summed E-state index contributed by atoms with van der Waals surface area (Å²) in [5, 5.41) is 29.3. The van der Waals surface area contributed by atoms with Crippen molar-refractivity contribution in [2.24, 2.45) is 5.92 Å². The molecular formula is C18H16BrFN2O4. The van der Waals surface area contributed by atoms with Crippen LogP contribution in [0, 0.1) is 11.7 Å². The average molecular weight is 423 g/mol. The Kier molecular flexibility index (Phi) is 4.62. The maximum absolute atomic E-state index is 14.5. The maximum Gasteiger partial charge on any atom is 0.270 e. The minimum absolute atomic E-state index is 0.0183. The van der Waals surface area contributed by atoms with Crippen molar-refractivity contribution in [1.82, 2.24) is 9.55 Å². The molecule has 0 atom stereocenters. The van der Waals surface area contributed by atoms with Crippen LogP contribution >= 0.6 is 15.9 Å². The van der Waals surface area contributed by atoms with Gasteiger partial charge in [-0.1, -0.05) is 29.8 Å². The molecule has 0 saturated heterocycles. The van der Waals surface area contributed by atoms with E-state index in [0.29, 0.717) is 10.9 Å². The molecule has 1 aromatic heterocycles. The van der Waals surface area contributed by atoms with Crippen molar-refractivity contribution in [1.29, 1.82) is 0 Å². The fourth-order valence-corrected chi connectivity index (χ4v) is 3.09. The third-order valence-electron chi connectivity index (χ3n) is 3.90. The highest BCUT2D eigenvalue weighted by atomic mass is 79.9. The van der Waals surface area contributed by atoms with Gasteiger partial charge in [0, 0.05) is 17.0 Å². The number of hydrogen-bond acceptors (Lipinski definition) is 5. The Labute approximate surface area is 156 Å². The third-order valence-corrected chi connectivity index (χ3v) is 4.39. The topological polar surface area (TPSA) is 95.6 Å². The second kappa shape index (κ2) is 6.60. The molecule has 0 radical (unpaired) electrons. The zero-order chi connectivity index (χ0) is 19.2. The summed E-state index contributed by atoms with van der Waals surface area (Å²) in [6, 6.07) is 5.33. The highest BCUT2D eigenvalue weighted by Gasteiger charge is 2.22. The molecule has 136 valence electrons. The molecule has 3 aromatic rings. The lowest BCUT2D eigenvalue weighted by molar-refractivity contribution is 0.371. The molecule has 0 aliphatic rings. The number of phenolic OH excluding ortho intramolecular Hbond substituents is 3. The van der Waals surface area contributed by atoms with Gasteiger partial charge >= 0.3 is 0 Å². The zero-order valence-corrected chi connectivity index (χ0v) is 15.6. The Hall–Kier alpha value is -2.61. The molecule has 0 bridgehead atoms. The smallest absolute Gasteiger partial charge is 0.270 e. The van der Waals surface area contributed by atoms with Gasteiger partial charge in [0.1, 0.15) is 17.0 Å². The third kappa shape index (κ3) is 3.01. The van der Waals surface area contributed by atoms with Gasteiger partial charge in [0.05, 0.1) is 11.2 Å². The van der Waals surface area contributed by atoms with Crippen LogP contribution in [-0.2, 0) is 6.42 Å². The first kappa shape index (κ1) is 18.2. The van der Waals surface area contributed by atoms with Crippen molar-refractivity contribution in [2.75, 3.05) is 0 Å². The summed E-state index contributed by atoms with van der Waals surface area (Å²) in [6.45, 7) is 3.84. The lowest BCUT2D eigenvalue weighted by Crippen LogP contribution is -2.25. The van der Waals surface area contributed by atoms with Crippen LogP contribution in [0.15, 0.2) is 33.5 Å². The fraction of sp³-hybridized carbons (Fsp3) is 0.222. The Morgan fingerprint density at radius 1 is 1.19 bits per heavy atom. The molecular weight excluding hydrogens is 407 g/mol. The Morgan fingerprint density at radius 3 is 2.50 bits per heavy atom. The molecule has 0 amide bonds. The molecule has 0 fully saturated rings. The molecule has 0 saturated carbocycles. The summed E-state index contributed by atoms with van der Waals surface area (Å²) in [7, 11) is 0. The van der Waals surface area contributed by atoms with Crippen LogP contribution in [0.25, 0.3) is 16.6 Å². The predicted octanol–water partition coefficient (Wildman–Crippen LogP) is 3.60. The van der Waals surface area contributed by atoms with Gasteiger partial charge in [0.2, 0.25) is 5.75 Å². The van der Waals surface area contributed by atoms with E-state index in [1.54, 1.807) is 6.07 Å². The predicted molar refractivity (Wildman–Crippen MR) is 98.5 cm³/mol. The molecule has 26 heavy (non-hydrogen) atoms. The first-order valence-electron chi connectivity index (χ1n) is 7.85. The normalized spacial score (nSPS) is 11.4. The molecule has 0 spiro atoms. The number of rotatable bonds is 3. The van der Waals surface area contributed by atoms with Crippen LogP contribution in [0.4, 0.5) is 4.39 Å². The van der Waals surface area contributed by atoms with Crippen LogP contribution in [0.5, 0.6) is 17.2 Å². The monoisotopic (exact) mass is 422 g/mol. The van der Waals surface area contributed by atoms with E-state index >= 15 is 0 Å². The molecule has 0 aliphatic carbocycles. The first-order chi connectivity index (χ1) is 12.2. The number of hydrogen-bond donors (Lipinski definition) is 3. The van der Waals surface area contributed by atoms with Crippen molar-refractivity contribution in [3.63, 3.8) is 0 Å². The number of aromatic nitrogens is 2. The van der Waals surface area contributed by atoms with Crippen LogP contribution in [0.1, 0.15) is 19.7 Å². The van der Waals surface area contributed by atoms with E-state index in [4.69, 9.17) is 0 Å². The first-order valence-corrected chi connectivity index (χ1v) is 8.65. The Balaban J connectivity index is 2.46. The number of halogens is 2. The molecule has 0 aliphatic heterocycles. The van der Waals surface area contributed by atoms with Gasteiger partial charge in [-0.2, -0.15) is 0 Å². The van der Waals surface area contributed by atoms with Crippen molar-refractivity contribution in [3.8, 4) is 22.9 Å². The molecule has 3 N–H and O–H groups in total.